The highest BCUT2D eigenvalue weighted by Gasteiger charge is 2.07. The topological polar surface area (TPSA) is 53.5 Å². The van der Waals surface area contributed by atoms with Crippen LogP contribution in [0.5, 0.6) is 0 Å². The standard InChI is InChI=1S/C12H15N3O/c1-8-3-4-10(9(2)16)7-11(8)15-12-13-5-6-14-12/h3-4,7H,5-6H2,1-2H3,(H2,13,14,15). The lowest BCUT2D eigenvalue weighted by Gasteiger charge is -2.04. The molecule has 0 aliphatic carbocycles. The second kappa shape index (κ2) is 4.35. The first-order valence-corrected chi connectivity index (χ1v) is 5.35. The van der Waals surface area contributed by atoms with Gasteiger partial charge < -0.3 is 10.6 Å². The van der Waals surface area contributed by atoms with Gasteiger partial charge in [0.25, 0.3) is 0 Å². The normalized spacial score (nSPS) is 14.2. The zero-order chi connectivity index (χ0) is 11.5. The molecular weight excluding hydrogens is 202 g/mol. The van der Waals surface area contributed by atoms with Crippen LogP contribution in [0.2, 0.25) is 0 Å². The molecule has 84 valence electrons. The van der Waals surface area contributed by atoms with Crippen molar-refractivity contribution in [3.63, 3.8) is 0 Å². The molecule has 0 atom stereocenters. The quantitative estimate of drug-likeness (QED) is 0.736. The van der Waals surface area contributed by atoms with E-state index in [2.05, 4.69) is 15.6 Å². The van der Waals surface area contributed by atoms with E-state index in [0.29, 0.717) is 5.56 Å². The van der Waals surface area contributed by atoms with E-state index < -0.39 is 0 Å². The maximum absolute atomic E-state index is 11.3. The number of hydrogen-bond acceptors (Lipinski definition) is 2. The Bertz CT molecular complexity index is 444. The lowest BCUT2D eigenvalue weighted by atomic mass is 10.1. The van der Waals surface area contributed by atoms with Crippen LogP contribution in [-0.2, 0) is 0 Å². The molecule has 0 radical (unpaired) electrons. The van der Waals surface area contributed by atoms with Crippen LogP contribution in [0.25, 0.3) is 0 Å². The van der Waals surface area contributed by atoms with Gasteiger partial charge in [0.05, 0.1) is 5.69 Å². The summed E-state index contributed by atoms with van der Waals surface area (Å²) >= 11 is 0. The number of aryl methyl sites for hydroxylation is 1. The molecular formula is C12H15N3O. The summed E-state index contributed by atoms with van der Waals surface area (Å²) in [6.45, 7) is 5.33. The third-order valence-corrected chi connectivity index (χ3v) is 2.56. The molecule has 1 aliphatic rings. The molecule has 0 unspecified atom stereocenters. The van der Waals surface area contributed by atoms with Crippen LogP contribution in [0, 0.1) is 6.92 Å². The van der Waals surface area contributed by atoms with Crippen LogP contribution in [0.15, 0.2) is 23.2 Å². The van der Waals surface area contributed by atoms with Gasteiger partial charge in [-0.25, -0.2) is 4.99 Å². The molecule has 0 bridgehead atoms. The van der Waals surface area contributed by atoms with E-state index in [-0.39, 0.29) is 5.78 Å². The summed E-state index contributed by atoms with van der Waals surface area (Å²) in [6, 6.07) is 5.58. The fraction of sp³-hybridized carbons (Fsp3) is 0.333. The van der Waals surface area contributed by atoms with Crippen LogP contribution in [0.1, 0.15) is 22.8 Å². The molecule has 2 N–H and O–H groups in total. The number of rotatable bonds is 2. The Balaban J connectivity index is 2.35. The van der Waals surface area contributed by atoms with Crippen LogP contribution in [0.3, 0.4) is 0 Å². The van der Waals surface area contributed by atoms with Crippen molar-refractivity contribution >= 4 is 17.4 Å². The Hall–Kier alpha value is -1.84. The molecule has 1 heterocycles. The summed E-state index contributed by atoms with van der Waals surface area (Å²) in [5, 5.41) is 6.27. The summed E-state index contributed by atoms with van der Waals surface area (Å²) in [6.07, 6.45) is 0. The highest BCUT2D eigenvalue weighted by Crippen LogP contribution is 2.20. The van der Waals surface area contributed by atoms with Crippen molar-refractivity contribution in [2.75, 3.05) is 13.1 Å². The highest BCUT2D eigenvalue weighted by molar-refractivity contribution is 5.95. The molecule has 4 nitrogen and oxygen atoms in total. The summed E-state index contributed by atoms with van der Waals surface area (Å²) in [4.78, 5) is 15.7. The van der Waals surface area contributed by atoms with Crippen molar-refractivity contribution in [1.29, 1.82) is 0 Å². The van der Waals surface area contributed by atoms with E-state index in [9.17, 15) is 4.79 Å². The lowest BCUT2D eigenvalue weighted by molar-refractivity contribution is 0.101. The van der Waals surface area contributed by atoms with Crippen LogP contribution >= 0.6 is 0 Å². The molecule has 0 aromatic heterocycles. The maximum Gasteiger partial charge on any atom is 0.196 e. The Labute approximate surface area is 94.8 Å². The minimum Gasteiger partial charge on any atom is -0.354 e. The van der Waals surface area contributed by atoms with E-state index in [1.54, 1.807) is 6.92 Å². The first-order valence-electron chi connectivity index (χ1n) is 5.35. The van der Waals surface area contributed by atoms with Crippen molar-refractivity contribution in [2.24, 2.45) is 4.99 Å². The minimum absolute atomic E-state index is 0.0637. The molecule has 16 heavy (non-hydrogen) atoms. The number of guanidine groups is 1. The minimum atomic E-state index is 0.0637. The average Bonchev–Trinajstić information content (AvgIpc) is 2.73. The van der Waals surface area contributed by atoms with Gasteiger partial charge in [-0.15, -0.1) is 0 Å². The number of ketones is 1. The second-order valence-corrected chi connectivity index (χ2v) is 3.87. The average molecular weight is 217 g/mol. The summed E-state index contributed by atoms with van der Waals surface area (Å²) < 4.78 is 0. The zero-order valence-corrected chi connectivity index (χ0v) is 9.50. The van der Waals surface area contributed by atoms with Gasteiger partial charge >= 0.3 is 0 Å². The Morgan fingerprint density at radius 1 is 1.31 bits per heavy atom. The Morgan fingerprint density at radius 3 is 2.62 bits per heavy atom. The first-order chi connectivity index (χ1) is 7.66. The number of nitrogens with one attached hydrogen (secondary N) is 2. The molecule has 2 rings (SSSR count). The molecule has 0 saturated carbocycles. The van der Waals surface area contributed by atoms with E-state index in [4.69, 9.17) is 0 Å². The van der Waals surface area contributed by atoms with E-state index in [0.717, 1.165) is 30.3 Å². The molecule has 1 saturated heterocycles. The Morgan fingerprint density at radius 2 is 2.00 bits per heavy atom. The second-order valence-electron chi connectivity index (χ2n) is 3.87. The summed E-state index contributed by atoms with van der Waals surface area (Å²) in [5.41, 5.74) is 2.60. The van der Waals surface area contributed by atoms with Crippen LogP contribution < -0.4 is 10.6 Å². The number of hydrogen-bond donors (Lipinski definition) is 2. The summed E-state index contributed by atoms with van der Waals surface area (Å²) in [5.74, 6) is 0.845. The van der Waals surface area contributed by atoms with Crippen molar-refractivity contribution in [1.82, 2.24) is 10.6 Å². The van der Waals surface area contributed by atoms with Gasteiger partial charge in [-0.1, -0.05) is 12.1 Å². The highest BCUT2D eigenvalue weighted by atomic mass is 16.1. The molecule has 1 aromatic rings. The van der Waals surface area contributed by atoms with Gasteiger partial charge in [0.15, 0.2) is 11.7 Å². The van der Waals surface area contributed by atoms with Crippen molar-refractivity contribution in [2.45, 2.75) is 13.8 Å². The molecule has 4 heteroatoms. The SMILES string of the molecule is CC(=O)c1ccc(C)c(N=C2NCCN2)c1. The first kappa shape index (κ1) is 10.7. The summed E-state index contributed by atoms with van der Waals surface area (Å²) in [7, 11) is 0. The van der Waals surface area contributed by atoms with Gasteiger partial charge in [0, 0.05) is 18.7 Å². The van der Waals surface area contributed by atoms with E-state index >= 15 is 0 Å². The molecule has 0 spiro atoms. The number of benzene rings is 1. The van der Waals surface area contributed by atoms with Gasteiger partial charge in [0.1, 0.15) is 0 Å². The van der Waals surface area contributed by atoms with Crippen molar-refractivity contribution in [3.8, 4) is 0 Å². The number of Topliss-reactive ketones (excluding diaryl/α,β-unsaturated/α-hetero) is 1. The monoisotopic (exact) mass is 217 g/mol. The predicted octanol–water partition coefficient (Wildman–Crippen LogP) is 1.38. The number of aliphatic imine (C=N–C) groups is 1. The molecule has 1 fully saturated rings. The van der Waals surface area contributed by atoms with Crippen LogP contribution in [-0.4, -0.2) is 24.8 Å². The third-order valence-electron chi connectivity index (χ3n) is 2.56. The molecule has 1 aliphatic heterocycles. The van der Waals surface area contributed by atoms with Crippen molar-refractivity contribution in [3.05, 3.63) is 29.3 Å². The van der Waals surface area contributed by atoms with Gasteiger partial charge in [-0.3, -0.25) is 4.79 Å². The molecule has 0 amide bonds. The molecule has 1 aromatic carbocycles. The van der Waals surface area contributed by atoms with Gasteiger partial charge in [-0.2, -0.15) is 0 Å². The maximum atomic E-state index is 11.3. The van der Waals surface area contributed by atoms with Gasteiger partial charge in [-0.05, 0) is 25.5 Å². The van der Waals surface area contributed by atoms with Crippen molar-refractivity contribution < 1.29 is 4.79 Å². The lowest BCUT2D eigenvalue weighted by Crippen LogP contribution is -2.23. The smallest absolute Gasteiger partial charge is 0.196 e. The third kappa shape index (κ3) is 2.21. The van der Waals surface area contributed by atoms with Gasteiger partial charge in [0.2, 0.25) is 0 Å². The predicted molar refractivity (Wildman–Crippen MR) is 64.3 cm³/mol. The largest absolute Gasteiger partial charge is 0.354 e. The van der Waals surface area contributed by atoms with E-state index in [1.165, 1.54) is 0 Å². The number of carbonyl (C=O) groups is 1. The fourth-order valence-corrected chi connectivity index (χ4v) is 1.57. The van der Waals surface area contributed by atoms with Crippen LogP contribution in [0.4, 0.5) is 5.69 Å². The zero-order valence-electron chi connectivity index (χ0n) is 9.50. The van der Waals surface area contributed by atoms with E-state index in [1.807, 2.05) is 25.1 Å². The number of nitrogens with zero attached hydrogens (tertiary/aromatic N) is 1. The fourth-order valence-electron chi connectivity index (χ4n) is 1.57. The Kier molecular flexibility index (Phi) is 2.90. The number of carbonyl (C=O) groups excluding carboxylic acids is 1.